The van der Waals surface area contributed by atoms with Gasteiger partial charge in [-0.1, -0.05) is 25.1 Å². The smallest absolute Gasteiger partial charge is 0.405 e. The van der Waals surface area contributed by atoms with Crippen LogP contribution >= 0.6 is 27.3 Å². The van der Waals surface area contributed by atoms with Gasteiger partial charge in [0.2, 0.25) is 0 Å². The van der Waals surface area contributed by atoms with Crippen LogP contribution in [0.1, 0.15) is 23.4 Å². The van der Waals surface area contributed by atoms with Crippen molar-refractivity contribution in [1.82, 2.24) is 5.32 Å². The van der Waals surface area contributed by atoms with Gasteiger partial charge in [-0.15, -0.1) is 24.5 Å². The zero-order valence-electron chi connectivity index (χ0n) is 11.1. The van der Waals surface area contributed by atoms with Gasteiger partial charge in [0.1, 0.15) is 5.75 Å². The molecule has 0 amide bonds. The van der Waals surface area contributed by atoms with Crippen LogP contribution in [0.25, 0.3) is 0 Å². The van der Waals surface area contributed by atoms with E-state index in [1.54, 1.807) is 12.1 Å². The molecule has 1 atom stereocenters. The molecule has 2 nitrogen and oxygen atoms in total. The molecule has 1 aromatic heterocycles. The van der Waals surface area contributed by atoms with E-state index in [1.807, 2.05) is 18.4 Å². The van der Waals surface area contributed by atoms with Gasteiger partial charge < -0.3 is 10.1 Å². The maximum absolute atomic E-state index is 12.5. The van der Waals surface area contributed by atoms with Crippen LogP contribution in [0, 0.1) is 0 Å². The van der Waals surface area contributed by atoms with Crippen LogP contribution in [-0.2, 0) is 0 Å². The van der Waals surface area contributed by atoms with Gasteiger partial charge in [-0.2, -0.15) is 0 Å². The van der Waals surface area contributed by atoms with E-state index in [0.717, 1.165) is 9.35 Å². The molecule has 0 saturated heterocycles. The largest absolute Gasteiger partial charge is 0.573 e. The third-order valence-corrected chi connectivity index (χ3v) is 4.71. The summed E-state index contributed by atoms with van der Waals surface area (Å²) in [6.45, 7) is 2.52. The van der Waals surface area contributed by atoms with Gasteiger partial charge in [0.25, 0.3) is 0 Å². The third-order valence-electron chi connectivity index (χ3n) is 2.77. The monoisotopic (exact) mass is 379 g/mol. The first kappa shape index (κ1) is 16.3. The molecule has 0 aliphatic heterocycles. The minimum absolute atomic E-state index is 0.184. The number of halogens is 4. The first-order valence-electron chi connectivity index (χ1n) is 6.23. The van der Waals surface area contributed by atoms with E-state index in [4.69, 9.17) is 0 Å². The number of para-hydroxylation sites is 1. The summed E-state index contributed by atoms with van der Waals surface area (Å²) in [5, 5.41) is 5.09. The van der Waals surface area contributed by atoms with E-state index in [0.29, 0.717) is 12.1 Å². The standard InChI is InChI=1S/C14H13BrF3NOS/c1-2-19-12(13-10(15)7-8-21-13)9-5-3-4-6-11(9)20-14(16,17)18/h3-8,12,19H,2H2,1H3. The van der Waals surface area contributed by atoms with Crippen molar-refractivity contribution < 1.29 is 17.9 Å². The maximum atomic E-state index is 12.5. The molecule has 21 heavy (non-hydrogen) atoms. The second kappa shape index (κ2) is 6.81. The molecule has 1 aromatic carbocycles. The number of nitrogens with one attached hydrogen (secondary N) is 1. The molecule has 0 aliphatic rings. The Morgan fingerprint density at radius 2 is 2.00 bits per heavy atom. The highest BCUT2D eigenvalue weighted by molar-refractivity contribution is 9.10. The molecule has 7 heteroatoms. The summed E-state index contributed by atoms with van der Waals surface area (Å²) < 4.78 is 42.6. The second-order valence-corrected chi connectivity index (χ2v) is 6.01. The average Bonchev–Trinajstić information content (AvgIpc) is 2.81. The van der Waals surface area contributed by atoms with Crippen LogP contribution in [0.15, 0.2) is 40.2 Å². The van der Waals surface area contributed by atoms with Crippen molar-refractivity contribution >= 4 is 27.3 Å². The van der Waals surface area contributed by atoms with Gasteiger partial charge in [0.05, 0.1) is 6.04 Å². The highest BCUT2D eigenvalue weighted by atomic mass is 79.9. The predicted octanol–water partition coefficient (Wildman–Crippen LogP) is 5.11. The zero-order chi connectivity index (χ0) is 15.5. The lowest BCUT2D eigenvalue weighted by Gasteiger charge is -2.21. The summed E-state index contributed by atoms with van der Waals surface area (Å²) in [5.41, 5.74) is 0.458. The fraction of sp³-hybridized carbons (Fsp3) is 0.286. The number of ether oxygens (including phenoxy) is 1. The number of thiophene rings is 1. The fourth-order valence-corrected chi connectivity index (χ4v) is 3.69. The Morgan fingerprint density at radius 3 is 2.57 bits per heavy atom. The molecule has 0 saturated carbocycles. The quantitative estimate of drug-likeness (QED) is 0.779. The Morgan fingerprint density at radius 1 is 1.29 bits per heavy atom. The van der Waals surface area contributed by atoms with Gasteiger partial charge in [0.15, 0.2) is 0 Å². The lowest BCUT2D eigenvalue weighted by atomic mass is 10.0. The topological polar surface area (TPSA) is 21.3 Å². The van der Waals surface area contributed by atoms with Gasteiger partial charge in [0, 0.05) is 14.9 Å². The van der Waals surface area contributed by atoms with Crippen LogP contribution < -0.4 is 10.1 Å². The molecule has 0 bridgehead atoms. The van der Waals surface area contributed by atoms with E-state index in [1.165, 1.54) is 23.5 Å². The first-order chi connectivity index (χ1) is 9.92. The zero-order valence-corrected chi connectivity index (χ0v) is 13.5. The van der Waals surface area contributed by atoms with Crippen LogP contribution in [-0.4, -0.2) is 12.9 Å². The van der Waals surface area contributed by atoms with Crippen LogP contribution in [0.5, 0.6) is 5.75 Å². The van der Waals surface area contributed by atoms with Crippen LogP contribution in [0.4, 0.5) is 13.2 Å². The molecule has 0 aliphatic carbocycles. The molecule has 1 unspecified atom stereocenters. The molecule has 1 heterocycles. The summed E-state index contributed by atoms with van der Waals surface area (Å²) >= 11 is 4.90. The molecule has 1 N–H and O–H groups in total. The second-order valence-electron chi connectivity index (χ2n) is 4.21. The number of hydrogen-bond donors (Lipinski definition) is 1. The molecule has 2 aromatic rings. The third kappa shape index (κ3) is 4.21. The summed E-state index contributed by atoms with van der Waals surface area (Å²) in [4.78, 5) is 0.912. The Bertz CT molecular complexity index is 600. The van der Waals surface area contributed by atoms with Crippen molar-refractivity contribution in [2.75, 3.05) is 6.54 Å². The Labute approximate surface area is 133 Å². The van der Waals surface area contributed by atoms with Gasteiger partial charge in [-0.05, 0) is 40.0 Å². The summed E-state index contributed by atoms with van der Waals surface area (Å²) in [6, 6.07) is 7.71. The molecule has 2 rings (SSSR count). The highest BCUT2D eigenvalue weighted by Crippen LogP contribution is 2.38. The van der Waals surface area contributed by atoms with Crippen molar-refractivity contribution in [3.05, 3.63) is 50.6 Å². The molecule has 114 valence electrons. The van der Waals surface area contributed by atoms with Gasteiger partial charge >= 0.3 is 6.36 Å². The lowest BCUT2D eigenvalue weighted by Crippen LogP contribution is -2.24. The maximum Gasteiger partial charge on any atom is 0.573 e. The number of hydrogen-bond acceptors (Lipinski definition) is 3. The SMILES string of the molecule is CCNC(c1ccccc1OC(F)(F)F)c1sccc1Br. The van der Waals surface area contributed by atoms with Crippen molar-refractivity contribution in [3.8, 4) is 5.75 Å². The Balaban J connectivity index is 2.44. The minimum Gasteiger partial charge on any atom is -0.405 e. The molecular weight excluding hydrogens is 367 g/mol. The average molecular weight is 380 g/mol. The van der Waals surface area contributed by atoms with Crippen molar-refractivity contribution in [2.45, 2.75) is 19.3 Å². The van der Waals surface area contributed by atoms with E-state index in [9.17, 15) is 13.2 Å². The highest BCUT2D eigenvalue weighted by Gasteiger charge is 2.33. The van der Waals surface area contributed by atoms with E-state index >= 15 is 0 Å². The molecule has 0 spiro atoms. The fourth-order valence-electron chi connectivity index (χ4n) is 2.00. The number of rotatable bonds is 5. The molecular formula is C14H13BrF3NOS. The van der Waals surface area contributed by atoms with Crippen molar-refractivity contribution in [2.24, 2.45) is 0 Å². The summed E-state index contributed by atoms with van der Waals surface area (Å²) in [6.07, 6.45) is -4.71. The summed E-state index contributed by atoms with van der Waals surface area (Å²) in [5.74, 6) is -0.184. The first-order valence-corrected chi connectivity index (χ1v) is 7.90. The van der Waals surface area contributed by atoms with Crippen LogP contribution in [0.2, 0.25) is 0 Å². The van der Waals surface area contributed by atoms with Crippen molar-refractivity contribution in [1.29, 1.82) is 0 Å². The number of benzene rings is 1. The predicted molar refractivity (Wildman–Crippen MR) is 80.7 cm³/mol. The van der Waals surface area contributed by atoms with E-state index < -0.39 is 6.36 Å². The summed E-state index contributed by atoms with van der Waals surface area (Å²) in [7, 11) is 0. The normalized spacial score (nSPS) is 13.2. The molecule has 0 fully saturated rings. The Kier molecular flexibility index (Phi) is 5.29. The van der Waals surface area contributed by atoms with E-state index in [2.05, 4.69) is 26.0 Å². The minimum atomic E-state index is -4.71. The van der Waals surface area contributed by atoms with E-state index in [-0.39, 0.29) is 11.8 Å². The van der Waals surface area contributed by atoms with Crippen LogP contribution in [0.3, 0.4) is 0 Å². The lowest BCUT2D eigenvalue weighted by molar-refractivity contribution is -0.275. The van der Waals surface area contributed by atoms with Gasteiger partial charge in [-0.25, -0.2) is 0 Å². The Hall–Kier alpha value is -1.05. The number of alkyl halides is 3. The van der Waals surface area contributed by atoms with Crippen molar-refractivity contribution in [3.63, 3.8) is 0 Å². The van der Waals surface area contributed by atoms with Gasteiger partial charge in [-0.3, -0.25) is 0 Å². The molecule has 0 radical (unpaired) electrons.